The molecule has 28 heavy (non-hydrogen) atoms. The number of amidine groups is 1. The lowest BCUT2D eigenvalue weighted by Gasteiger charge is -2.48. The number of anilines is 2. The highest BCUT2D eigenvalue weighted by molar-refractivity contribution is 7.10. The third-order valence-corrected chi connectivity index (χ3v) is 6.08. The van der Waals surface area contributed by atoms with Gasteiger partial charge < -0.3 is 15.5 Å². The van der Waals surface area contributed by atoms with Crippen LogP contribution < -0.4 is 10.6 Å². The van der Waals surface area contributed by atoms with Crippen molar-refractivity contribution < 1.29 is 4.79 Å². The van der Waals surface area contributed by atoms with Gasteiger partial charge >= 0.3 is 0 Å². The molecule has 6 heteroatoms. The second-order valence-electron chi connectivity index (χ2n) is 8.68. The molecule has 2 aliphatic rings. The number of likely N-dealkylation sites (tertiary alicyclic amines) is 1. The molecule has 1 amide bonds. The highest BCUT2D eigenvalue weighted by Crippen LogP contribution is 2.37. The fourth-order valence-corrected chi connectivity index (χ4v) is 4.67. The number of rotatable bonds is 2. The molecule has 1 unspecified atom stereocenters. The minimum absolute atomic E-state index is 0.192. The van der Waals surface area contributed by atoms with Crippen LogP contribution in [0.15, 0.2) is 46.8 Å². The molecule has 2 aliphatic heterocycles. The van der Waals surface area contributed by atoms with Crippen LogP contribution >= 0.6 is 11.3 Å². The molecule has 1 fully saturated rings. The molecule has 3 heterocycles. The normalized spacial score (nSPS) is 23.2. The fourth-order valence-electron chi connectivity index (χ4n) is 3.97. The van der Waals surface area contributed by atoms with Gasteiger partial charge in [0.2, 0.25) is 5.91 Å². The van der Waals surface area contributed by atoms with E-state index in [1.165, 1.54) is 0 Å². The minimum Gasteiger partial charge on any atom is -0.370 e. The summed E-state index contributed by atoms with van der Waals surface area (Å²) in [6, 6.07) is 12.3. The van der Waals surface area contributed by atoms with E-state index in [0.29, 0.717) is 13.0 Å². The molecule has 148 valence electrons. The molecule has 1 saturated heterocycles. The summed E-state index contributed by atoms with van der Waals surface area (Å²) in [6.45, 7) is 7.76. The zero-order valence-corrected chi connectivity index (χ0v) is 17.6. The Balaban J connectivity index is 1.64. The molecule has 2 aromatic rings. The van der Waals surface area contributed by atoms with E-state index in [9.17, 15) is 4.79 Å². The predicted octanol–water partition coefficient (Wildman–Crippen LogP) is 4.39. The Morgan fingerprint density at radius 1 is 1.21 bits per heavy atom. The Labute approximate surface area is 170 Å². The van der Waals surface area contributed by atoms with Gasteiger partial charge in [0, 0.05) is 11.4 Å². The number of fused-ring (bicyclic) bond motifs is 1. The van der Waals surface area contributed by atoms with Gasteiger partial charge in [-0.2, -0.15) is 0 Å². The number of benzene rings is 1. The molecule has 0 saturated carbocycles. The molecule has 1 aromatic carbocycles. The van der Waals surface area contributed by atoms with E-state index in [0.717, 1.165) is 41.5 Å². The Bertz CT molecular complexity index is 884. The molecule has 0 radical (unpaired) electrons. The van der Waals surface area contributed by atoms with Crippen molar-refractivity contribution in [3.8, 4) is 0 Å². The first-order valence-corrected chi connectivity index (χ1v) is 10.8. The van der Waals surface area contributed by atoms with Crippen LogP contribution in [0.4, 0.5) is 11.4 Å². The lowest BCUT2D eigenvalue weighted by Crippen LogP contribution is -2.63. The van der Waals surface area contributed by atoms with Gasteiger partial charge in [0.15, 0.2) is 0 Å². The van der Waals surface area contributed by atoms with Crippen molar-refractivity contribution >= 4 is 34.5 Å². The Hall–Kier alpha value is -2.34. The maximum Gasteiger partial charge on any atom is 0.227 e. The Morgan fingerprint density at radius 2 is 2.00 bits per heavy atom. The van der Waals surface area contributed by atoms with Crippen LogP contribution in [-0.4, -0.2) is 40.8 Å². The van der Waals surface area contributed by atoms with Crippen molar-refractivity contribution in [3.63, 3.8) is 0 Å². The maximum absolute atomic E-state index is 13.0. The van der Waals surface area contributed by atoms with Crippen LogP contribution in [0.2, 0.25) is 0 Å². The zero-order valence-electron chi connectivity index (χ0n) is 16.8. The number of para-hydroxylation sites is 2. The van der Waals surface area contributed by atoms with Gasteiger partial charge in [-0.05, 0) is 57.2 Å². The van der Waals surface area contributed by atoms with Crippen LogP contribution in [-0.2, 0) is 11.2 Å². The van der Waals surface area contributed by atoms with E-state index in [1.807, 2.05) is 34.5 Å². The number of amides is 1. The largest absolute Gasteiger partial charge is 0.370 e. The van der Waals surface area contributed by atoms with Gasteiger partial charge in [-0.15, -0.1) is 11.3 Å². The summed E-state index contributed by atoms with van der Waals surface area (Å²) in [5, 5.41) is 9.34. The summed E-state index contributed by atoms with van der Waals surface area (Å²) in [5.74, 6) is 1.13. The number of nitrogens with zero attached hydrogens (tertiary/aromatic N) is 2. The molecular formula is C22H28N4OS. The number of carbonyl (C=O) groups excluding carboxylic acids is 1. The predicted molar refractivity (Wildman–Crippen MR) is 117 cm³/mol. The molecule has 0 bridgehead atoms. The summed E-state index contributed by atoms with van der Waals surface area (Å²) < 4.78 is 0. The third-order valence-electron chi connectivity index (χ3n) is 5.21. The SMILES string of the molecule is CC(C)(C)N=C1Nc2ccccc2NC12CCCN(C(=O)Cc1cccs1)C2. The number of nitrogens with one attached hydrogen (secondary N) is 2. The van der Waals surface area contributed by atoms with Crippen LogP contribution in [0.1, 0.15) is 38.5 Å². The Morgan fingerprint density at radius 3 is 2.71 bits per heavy atom. The van der Waals surface area contributed by atoms with Gasteiger partial charge in [-0.1, -0.05) is 18.2 Å². The average molecular weight is 397 g/mol. The summed E-state index contributed by atoms with van der Waals surface area (Å²) in [4.78, 5) is 21.1. The second-order valence-corrected chi connectivity index (χ2v) is 9.72. The first-order valence-electron chi connectivity index (χ1n) is 9.89. The summed E-state index contributed by atoms with van der Waals surface area (Å²) in [7, 11) is 0. The zero-order chi connectivity index (χ0) is 19.8. The van der Waals surface area contributed by atoms with Gasteiger partial charge in [0.1, 0.15) is 11.4 Å². The van der Waals surface area contributed by atoms with Crippen molar-refractivity contribution in [2.75, 3.05) is 23.7 Å². The second kappa shape index (κ2) is 7.24. The molecule has 5 nitrogen and oxygen atoms in total. The van der Waals surface area contributed by atoms with Gasteiger partial charge in [-0.25, -0.2) is 0 Å². The highest BCUT2D eigenvalue weighted by Gasteiger charge is 2.45. The lowest BCUT2D eigenvalue weighted by molar-refractivity contribution is -0.131. The molecule has 1 atom stereocenters. The van der Waals surface area contributed by atoms with Crippen molar-refractivity contribution in [2.24, 2.45) is 4.99 Å². The summed E-state index contributed by atoms with van der Waals surface area (Å²) in [6.07, 6.45) is 2.38. The number of aliphatic imine (C=N–C) groups is 1. The Kier molecular flexibility index (Phi) is 4.91. The maximum atomic E-state index is 13.0. The quantitative estimate of drug-likeness (QED) is 0.792. The molecule has 1 spiro atoms. The number of piperidine rings is 1. The monoisotopic (exact) mass is 396 g/mol. The fraction of sp³-hybridized carbons (Fsp3) is 0.455. The van der Waals surface area contributed by atoms with Crippen molar-refractivity contribution in [1.29, 1.82) is 0 Å². The number of thiophene rings is 1. The van der Waals surface area contributed by atoms with Crippen molar-refractivity contribution in [3.05, 3.63) is 46.7 Å². The first-order chi connectivity index (χ1) is 13.3. The molecule has 4 rings (SSSR count). The van der Waals surface area contributed by atoms with E-state index >= 15 is 0 Å². The van der Waals surface area contributed by atoms with Crippen LogP contribution in [0.25, 0.3) is 0 Å². The molecule has 1 aromatic heterocycles. The van der Waals surface area contributed by atoms with Crippen LogP contribution in [0.5, 0.6) is 0 Å². The smallest absolute Gasteiger partial charge is 0.227 e. The van der Waals surface area contributed by atoms with E-state index in [4.69, 9.17) is 4.99 Å². The van der Waals surface area contributed by atoms with Gasteiger partial charge in [-0.3, -0.25) is 9.79 Å². The molecule has 2 N–H and O–H groups in total. The average Bonchev–Trinajstić information content (AvgIpc) is 3.14. The van der Waals surface area contributed by atoms with Crippen molar-refractivity contribution in [1.82, 2.24) is 4.90 Å². The van der Waals surface area contributed by atoms with E-state index < -0.39 is 0 Å². The number of carbonyl (C=O) groups is 1. The van der Waals surface area contributed by atoms with E-state index in [2.05, 4.69) is 43.5 Å². The lowest BCUT2D eigenvalue weighted by atomic mass is 9.84. The number of hydrogen-bond acceptors (Lipinski definition) is 4. The standard InChI is InChI=1S/C22H28N4OS/c1-21(2,3)25-20-22(24-18-10-5-4-9-17(18)23-20)11-7-12-26(15-22)19(27)14-16-8-6-13-28-16/h4-6,8-10,13,24H,7,11-12,14-15H2,1-3H3,(H,23,25). The third kappa shape index (κ3) is 3.92. The van der Waals surface area contributed by atoms with Crippen LogP contribution in [0.3, 0.4) is 0 Å². The molecular weight excluding hydrogens is 368 g/mol. The van der Waals surface area contributed by atoms with Crippen LogP contribution in [0, 0.1) is 0 Å². The van der Waals surface area contributed by atoms with Gasteiger partial charge in [0.05, 0.1) is 29.9 Å². The number of hydrogen-bond donors (Lipinski definition) is 2. The van der Waals surface area contributed by atoms with Crippen molar-refractivity contribution in [2.45, 2.75) is 51.1 Å². The topological polar surface area (TPSA) is 56.7 Å². The van der Waals surface area contributed by atoms with E-state index in [-0.39, 0.29) is 17.0 Å². The minimum atomic E-state index is -0.370. The van der Waals surface area contributed by atoms with E-state index in [1.54, 1.807) is 11.3 Å². The summed E-state index contributed by atoms with van der Waals surface area (Å²) >= 11 is 1.64. The first kappa shape index (κ1) is 19.0. The van der Waals surface area contributed by atoms with Gasteiger partial charge in [0.25, 0.3) is 0 Å². The molecule has 0 aliphatic carbocycles. The highest BCUT2D eigenvalue weighted by atomic mass is 32.1. The summed E-state index contributed by atoms with van der Waals surface area (Å²) in [5.41, 5.74) is 1.54.